The number of carbonyl (C=O) groups is 3. The van der Waals surface area contributed by atoms with Gasteiger partial charge in [-0.05, 0) is 78.6 Å². The van der Waals surface area contributed by atoms with Crippen LogP contribution in [0.25, 0.3) is 0 Å². The van der Waals surface area contributed by atoms with Crippen molar-refractivity contribution in [1.29, 1.82) is 0 Å². The molecule has 4 aliphatic carbocycles. The Kier molecular flexibility index (Phi) is 7.25. The second-order valence-electron chi connectivity index (χ2n) is 13.0. The highest BCUT2D eigenvalue weighted by Crippen LogP contribution is 2.65. The van der Waals surface area contributed by atoms with Crippen LogP contribution in [0, 0.1) is 52.3 Å². The van der Waals surface area contributed by atoms with Gasteiger partial charge in [0.05, 0.1) is 0 Å². The van der Waals surface area contributed by atoms with Gasteiger partial charge in [0.25, 0.3) is 0 Å². The van der Waals surface area contributed by atoms with Crippen LogP contribution in [-0.2, 0) is 19.1 Å². The topological polar surface area (TPSA) is 60.4 Å². The van der Waals surface area contributed by atoms with Crippen LogP contribution in [-0.4, -0.2) is 23.6 Å². The van der Waals surface area contributed by atoms with Crippen LogP contribution in [0.15, 0.2) is 23.8 Å². The van der Waals surface area contributed by atoms with E-state index in [1.54, 1.807) is 0 Å². The molecule has 0 N–H and O–H groups in total. The van der Waals surface area contributed by atoms with Gasteiger partial charge in [0.1, 0.15) is 11.9 Å². The van der Waals surface area contributed by atoms with Gasteiger partial charge >= 0.3 is 5.97 Å². The summed E-state index contributed by atoms with van der Waals surface area (Å²) in [5, 5.41) is 0. The third-order valence-electron chi connectivity index (χ3n) is 10.6. The predicted molar refractivity (Wildman–Crippen MR) is 138 cm³/mol. The summed E-state index contributed by atoms with van der Waals surface area (Å²) in [6, 6.07) is 0. The molecule has 4 nitrogen and oxygen atoms in total. The third-order valence-corrected chi connectivity index (χ3v) is 10.6. The second kappa shape index (κ2) is 9.63. The quantitative estimate of drug-likeness (QED) is 0.311. The molecule has 4 heteroatoms. The molecular formula is C31H46O4. The van der Waals surface area contributed by atoms with Crippen LogP contribution < -0.4 is 0 Å². The standard InChI is InChI=1S/C31H46O4/c1-8-21(18(2)3)10-9-19(4)24-11-12-25-28-26(33)16-22-15-23(35-20(5)32)13-14-30(22,6)29(28)27(34)17-31(24,25)7/h9-10,16,18-19,21,23-25,28-29H,8,11-15,17H2,1-7H3. The van der Waals surface area contributed by atoms with Crippen molar-refractivity contribution in [3.8, 4) is 0 Å². The molecular weight excluding hydrogens is 436 g/mol. The smallest absolute Gasteiger partial charge is 0.302 e. The molecule has 0 aromatic carbocycles. The largest absolute Gasteiger partial charge is 0.462 e. The fraction of sp³-hybridized carbons (Fsp3) is 0.774. The van der Waals surface area contributed by atoms with E-state index in [0.717, 1.165) is 37.7 Å². The number of Topliss-reactive ketones (excluding diaryl/α,β-unsaturated/α-hetero) is 1. The molecule has 0 aliphatic heterocycles. The third kappa shape index (κ3) is 4.48. The van der Waals surface area contributed by atoms with Crippen molar-refractivity contribution in [2.75, 3.05) is 0 Å². The maximum absolute atomic E-state index is 13.9. The first-order chi connectivity index (χ1) is 16.4. The fourth-order valence-corrected chi connectivity index (χ4v) is 8.71. The van der Waals surface area contributed by atoms with Crippen molar-refractivity contribution in [3.63, 3.8) is 0 Å². The maximum Gasteiger partial charge on any atom is 0.302 e. The van der Waals surface area contributed by atoms with Crippen LogP contribution in [0.5, 0.6) is 0 Å². The highest BCUT2D eigenvalue weighted by molar-refractivity contribution is 6.00. The number of ketones is 2. The van der Waals surface area contributed by atoms with E-state index in [-0.39, 0.29) is 52.2 Å². The number of hydrogen-bond acceptors (Lipinski definition) is 4. The van der Waals surface area contributed by atoms with E-state index in [9.17, 15) is 14.4 Å². The number of rotatable bonds is 6. The lowest BCUT2D eigenvalue weighted by atomic mass is 9.46. The predicted octanol–water partition coefficient (Wildman–Crippen LogP) is 6.73. The van der Waals surface area contributed by atoms with Gasteiger partial charge in [-0.2, -0.15) is 0 Å². The average molecular weight is 483 g/mol. The molecule has 3 saturated carbocycles. The zero-order valence-electron chi connectivity index (χ0n) is 22.9. The van der Waals surface area contributed by atoms with Crippen LogP contribution in [0.4, 0.5) is 0 Å². The first kappa shape index (κ1) is 26.4. The number of esters is 1. The highest BCUT2D eigenvalue weighted by atomic mass is 16.5. The fourth-order valence-electron chi connectivity index (χ4n) is 8.71. The molecule has 3 fully saturated rings. The number of allylic oxidation sites excluding steroid dienone is 3. The monoisotopic (exact) mass is 482 g/mol. The van der Waals surface area contributed by atoms with E-state index in [1.165, 1.54) is 6.92 Å². The van der Waals surface area contributed by atoms with Crippen molar-refractivity contribution in [2.24, 2.45) is 52.3 Å². The SMILES string of the molecule is CCC(C=CC(C)C1CCC2C3C(=O)C=C4CC(OC(C)=O)CCC4(C)C3C(=O)CC12C)C(C)C. The lowest BCUT2D eigenvalue weighted by Gasteiger charge is -2.56. The van der Waals surface area contributed by atoms with Gasteiger partial charge in [-0.1, -0.05) is 59.3 Å². The summed E-state index contributed by atoms with van der Waals surface area (Å²) in [6.07, 6.45) is 12.5. The molecule has 4 aliphatic rings. The highest BCUT2D eigenvalue weighted by Gasteiger charge is 2.64. The Morgan fingerprint density at radius 1 is 1.14 bits per heavy atom. The number of carbonyl (C=O) groups excluding carboxylic acids is 3. The van der Waals surface area contributed by atoms with Gasteiger partial charge in [-0.25, -0.2) is 0 Å². The molecule has 0 radical (unpaired) electrons. The number of fused-ring (bicyclic) bond motifs is 5. The molecule has 0 spiro atoms. The minimum absolute atomic E-state index is 0.117. The molecule has 9 unspecified atom stereocenters. The lowest BCUT2D eigenvalue weighted by Crippen LogP contribution is -2.57. The van der Waals surface area contributed by atoms with E-state index in [0.29, 0.717) is 36.5 Å². The Bertz CT molecular complexity index is 928. The lowest BCUT2D eigenvalue weighted by molar-refractivity contribution is -0.156. The molecule has 0 bridgehead atoms. The van der Waals surface area contributed by atoms with Gasteiger partial charge in [-0.3, -0.25) is 14.4 Å². The van der Waals surface area contributed by atoms with Crippen LogP contribution in [0.3, 0.4) is 0 Å². The molecule has 0 aromatic rings. The van der Waals surface area contributed by atoms with Crippen molar-refractivity contribution < 1.29 is 19.1 Å². The average Bonchev–Trinajstić information content (AvgIpc) is 3.10. The van der Waals surface area contributed by atoms with Crippen molar-refractivity contribution >= 4 is 17.5 Å². The normalized spacial score (nSPS) is 40.7. The first-order valence-electron chi connectivity index (χ1n) is 14.1. The maximum atomic E-state index is 13.9. The summed E-state index contributed by atoms with van der Waals surface area (Å²) in [5.74, 6) is 2.07. The zero-order valence-corrected chi connectivity index (χ0v) is 22.9. The molecule has 9 atom stereocenters. The number of hydrogen-bond donors (Lipinski definition) is 0. The summed E-state index contributed by atoms with van der Waals surface area (Å²) < 4.78 is 5.49. The Hall–Kier alpha value is -1.71. The molecule has 4 rings (SSSR count). The molecule has 35 heavy (non-hydrogen) atoms. The van der Waals surface area contributed by atoms with Crippen LogP contribution in [0.2, 0.25) is 0 Å². The van der Waals surface area contributed by atoms with Gasteiger partial charge in [0.15, 0.2) is 5.78 Å². The first-order valence-corrected chi connectivity index (χ1v) is 14.1. The summed E-state index contributed by atoms with van der Waals surface area (Å²) in [5.41, 5.74) is 0.625. The van der Waals surface area contributed by atoms with Gasteiger partial charge in [-0.15, -0.1) is 0 Å². The van der Waals surface area contributed by atoms with Gasteiger partial charge in [0.2, 0.25) is 0 Å². The summed E-state index contributed by atoms with van der Waals surface area (Å²) in [4.78, 5) is 39.1. The van der Waals surface area contributed by atoms with Gasteiger partial charge in [0, 0.05) is 31.6 Å². The second-order valence-corrected chi connectivity index (χ2v) is 13.0. The molecule has 0 aromatic heterocycles. The molecule has 194 valence electrons. The Balaban J connectivity index is 1.60. The molecule has 0 heterocycles. The Morgan fingerprint density at radius 2 is 1.86 bits per heavy atom. The summed E-state index contributed by atoms with van der Waals surface area (Å²) >= 11 is 0. The minimum Gasteiger partial charge on any atom is -0.462 e. The van der Waals surface area contributed by atoms with E-state index in [4.69, 9.17) is 4.74 Å². The van der Waals surface area contributed by atoms with Gasteiger partial charge < -0.3 is 4.74 Å². The van der Waals surface area contributed by atoms with E-state index < -0.39 is 0 Å². The van der Waals surface area contributed by atoms with E-state index >= 15 is 0 Å². The van der Waals surface area contributed by atoms with Crippen LogP contribution >= 0.6 is 0 Å². The Morgan fingerprint density at radius 3 is 2.49 bits per heavy atom. The molecule has 0 saturated heterocycles. The van der Waals surface area contributed by atoms with Crippen molar-refractivity contribution in [1.82, 2.24) is 0 Å². The molecule has 0 amide bonds. The Labute approximate surface area is 212 Å². The van der Waals surface area contributed by atoms with Crippen LogP contribution in [0.1, 0.15) is 93.4 Å². The van der Waals surface area contributed by atoms with Crippen molar-refractivity contribution in [3.05, 3.63) is 23.8 Å². The minimum atomic E-state index is -0.289. The van der Waals surface area contributed by atoms with E-state index in [2.05, 4.69) is 53.7 Å². The summed E-state index contributed by atoms with van der Waals surface area (Å²) in [6.45, 7) is 15.1. The zero-order chi connectivity index (χ0) is 25.7. The van der Waals surface area contributed by atoms with Crippen molar-refractivity contribution in [2.45, 2.75) is 99.5 Å². The number of ether oxygens (including phenoxy) is 1. The van der Waals surface area contributed by atoms with E-state index in [1.807, 2.05) is 6.08 Å². The summed E-state index contributed by atoms with van der Waals surface area (Å²) in [7, 11) is 0.